The van der Waals surface area contributed by atoms with E-state index in [4.69, 9.17) is 14.2 Å². The monoisotopic (exact) mass is 439 g/mol. The van der Waals surface area contributed by atoms with Crippen molar-refractivity contribution in [3.05, 3.63) is 59.2 Å². The number of ether oxygens (including phenoxy) is 3. The van der Waals surface area contributed by atoms with Crippen LogP contribution in [0.3, 0.4) is 0 Å². The van der Waals surface area contributed by atoms with Crippen LogP contribution < -0.4 is 14.8 Å². The normalized spacial score (nSPS) is 10.8. The number of hydrogen-bond donors (Lipinski definition) is 1. The van der Waals surface area contributed by atoms with Crippen molar-refractivity contribution < 1.29 is 23.8 Å². The molecule has 1 amide bonds. The summed E-state index contributed by atoms with van der Waals surface area (Å²) in [6, 6.07) is 11.3. The Morgan fingerprint density at radius 2 is 1.84 bits per heavy atom. The Bertz CT molecular complexity index is 936. The van der Waals surface area contributed by atoms with Gasteiger partial charge in [-0.3, -0.25) is 4.79 Å². The summed E-state index contributed by atoms with van der Waals surface area (Å²) in [6.07, 6.45) is 5.73. The smallest absolute Gasteiger partial charge is 0.331 e. The summed E-state index contributed by atoms with van der Waals surface area (Å²) in [7, 11) is 0. The predicted molar refractivity (Wildman–Crippen MR) is 127 cm³/mol. The molecule has 1 N–H and O–H groups in total. The maximum absolute atomic E-state index is 12.2. The molecule has 6 heteroatoms. The van der Waals surface area contributed by atoms with Crippen molar-refractivity contribution in [3.8, 4) is 11.5 Å². The minimum atomic E-state index is -0.595. The Kier molecular flexibility index (Phi) is 10.3. The van der Waals surface area contributed by atoms with Crippen LogP contribution in [0.25, 0.3) is 6.08 Å². The van der Waals surface area contributed by atoms with Crippen molar-refractivity contribution in [2.45, 2.75) is 47.0 Å². The van der Waals surface area contributed by atoms with Crippen LogP contribution in [0, 0.1) is 6.92 Å². The molecule has 32 heavy (non-hydrogen) atoms. The van der Waals surface area contributed by atoms with Gasteiger partial charge in [0.05, 0.1) is 13.2 Å². The fourth-order valence-electron chi connectivity index (χ4n) is 3.07. The standard InChI is InChI=1S/C26H33NO5/c1-5-8-16-31-22-14-12-20(17-23(22)30-7-3)13-15-25(29)32-18-24(28)27-26-19(4)10-9-11-21(26)6-2/h9-15,17H,5-8,16,18H2,1-4H3,(H,27,28)/b15-13+. The molecule has 0 spiro atoms. The Morgan fingerprint density at radius 1 is 1.03 bits per heavy atom. The summed E-state index contributed by atoms with van der Waals surface area (Å²) in [5.41, 5.74) is 3.55. The summed E-state index contributed by atoms with van der Waals surface area (Å²) in [5, 5.41) is 2.84. The number of aryl methyl sites for hydroxylation is 2. The highest BCUT2D eigenvalue weighted by Crippen LogP contribution is 2.29. The molecule has 0 unspecified atom stereocenters. The van der Waals surface area contributed by atoms with Gasteiger partial charge in [-0.05, 0) is 61.6 Å². The lowest BCUT2D eigenvalue weighted by atomic mass is 10.1. The number of carbonyl (C=O) groups is 2. The van der Waals surface area contributed by atoms with Gasteiger partial charge in [0, 0.05) is 11.8 Å². The quantitative estimate of drug-likeness (QED) is 0.275. The number of hydrogen-bond acceptors (Lipinski definition) is 5. The van der Waals surface area contributed by atoms with E-state index < -0.39 is 5.97 Å². The molecule has 0 fully saturated rings. The van der Waals surface area contributed by atoms with Crippen LogP contribution in [-0.4, -0.2) is 31.7 Å². The second kappa shape index (κ2) is 13.2. The van der Waals surface area contributed by atoms with E-state index in [0.29, 0.717) is 24.7 Å². The molecule has 0 aromatic heterocycles. The number of esters is 1. The molecule has 6 nitrogen and oxygen atoms in total. The van der Waals surface area contributed by atoms with E-state index in [1.165, 1.54) is 6.08 Å². The van der Waals surface area contributed by atoms with Crippen LogP contribution in [0.4, 0.5) is 5.69 Å². The van der Waals surface area contributed by atoms with E-state index in [2.05, 4.69) is 12.2 Å². The molecule has 172 valence electrons. The molecule has 0 saturated heterocycles. The third kappa shape index (κ3) is 7.76. The molecule has 0 aliphatic rings. The lowest BCUT2D eigenvalue weighted by Gasteiger charge is -2.13. The van der Waals surface area contributed by atoms with Gasteiger partial charge in [-0.25, -0.2) is 4.79 Å². The average molecular weight is 440 g/mol. The van der Waals surface area contributed by atoms with Crippen LogP contribution in [-0.2, 0) is 20.7 Å². The third-order valence-electron chi connectivity index (χ3n) is 4.78. The van der Waals surface area contributed by atoms with Gasteiger partial charge in [-0.15, -0.1) is 0 Å². The van der Waals surface area contributed by atoms with Gasteiger partial charge >= 0.3 is 5.97 Å². The first-order chi connectivity index (χ1) is 15.5. The van der Waals surface area contributed by atoms with Gasteiger partial charge in [-0.1, -0.05) is 44.5 Å². The maximum atomic E-state index is 12.2. The summed E-state index contributed by atoms with van der Waals surface area (Å²) < 4.78 is 16.5. The first-order valence-electron chi connectivity index (χ1n) is 11.1. The van der Waals surface area contributed by atoms with Gasteiger partial charge in [0.1, 0.15) is 0 Å². The van der Waals surface area contributed by atoms with E-state index in [9.17, 15) is 9.59 Å². The number of unbranched alkanes of at least 4 members (excludes halogenated alkanes) is 1. The van der Waals surface area contributed by atoms with Crippen molar-refractivity contribution in [1.29, 1.82) is 0 Å². The Labute approximate surface area is 190 Å². The predicted octanol–water partition coefficient (Wildman–Crippen LogP) is 5.33. The Morgan fingerprint density at radius 3 is 2.56 bits per heavy atom. The lowest BCUT2D eigenvalue weighted by Crippen LogP contribution is -2.21. The molecule has 0 atom stereocenters. The fourth-order valence-corrected chi connectivity index (χ4v) is 3.07. The Hall–Kier alpha value is -3.28. The summed E-state index contributed by atoms with van der Waals surface area (Å²) in [4.78, 5) is 24.3. The van der Waals surface area contributed by atoms with E-state index >= 15 is 0 Å². The van der Waals surface area contributed by atoms with Gasteiger partial charge in [0.15, 0.2) is 18.1 Å². The van der Waals surface area contributed by atoms with Crippen LogP contribution in [0.2, 0.25) is 0 Å². The van der Waals surface area contributed by atoms with Crippen LogP contribution in [0.15, 0.2) is 42.5 Å². The van der Waals surface area contributed by atoms with Gasteiger partial charge in [0.25, 0.3) is 5.91 Å². The van der Waals surface area contributed by atoms with Crippen molar-refractivity contribution in [2.75, 3.05) is 25.1 Å². The highest BCUT2D eigenvalue weighted by Gasteiger charge is 2.11. The third-order valence-corrected chi connectivity index (χ3v) is 4.78. The summed E-state index contributed by atoms with van der Waals surface area (Å²) in [5.74, 6) is 0.340. The molecular weight excluding hydrogens is 406 g/mol. The van der Waals surface area contributed by atoms with Crippen molar-refractivity contribution in [3.63, 3.8) is 0 Å². The number of para-hydroxylation sites is 1. The minimum absolute atomic E-state index is 0.352. The SMILES string of the molecule is CCCCOc1ccc(/C=C/C(=O)OCC(=O)Nc2c(C)cccc2CC)cc1OCC. The van der Waals surface area contributed by atoms with Gasteiger partial charge < -0.3 is 19.5 Å². The number of anilines is 1. The number of benzene rings is 2. The van der Waals surface area contributed by atoms with Crippen molar-refractivity contribution in [1.82, 2.24) is 0 Å². The highest BCUT2D eigenvalue weighted by molar-refractivity contribution is 5.95. The van der Waals surface area contributed by atoms with Gasteiger partial charge in [-0.2, -0.15) is 0 Å². The van der Waals surface area contributed by atoms with Crippen LogP contribution >= 0.6 is 0 Å². The average Bonchev–Trinajstić information content (AvgIpc) is 2.79. The zero-order chi connectivity index (χ0) is 23.3. The molecule has 2 aromatic rings. The van der Waals surface area contributed by atoms with Crippen LogP contribution in [0.5, 0.6) is 11.5 Å². The van der Waals surface area contributed by atoms with E-state index in [1.807, 2.05) is 57.2 Å². The lowest BCUT2D eigenvalue weighted by molar-refractivity contribution is -0.142. The van der Waals surface area contributed by atoms with E-state index in [0.717, 1.165) is 41.6 Å². The molecule has 0 radical (unpaired) electrons. The highest BCUT2D eigenvalue weighted by atomic mass is 16.5. The first kappa shape index (κ1) is 25.0. The summed E-state index contributed by atoms with van der Waals surface area (Å²) >= 11 is 0. The fraction of sp³-hybridized carbons (Fsp3) is 0.385. The molecular formula is C26H33NO5. The van der Waals surface area contributed by atoms with Crippen molar-refractivity contribution in [2.24, 2.45) is 0 Å². The second-order valence-electron chi connectivity index (χ2n) is 7.29. The van der Waals surface area contributed by atoms with Crippen molar-refractivity contribution >= 4 is 23.6 Å². The van der Waals surface area contributed by atoms with E-state index in [-0.39, 0.29) is 12.5 Å². The number of rotatable bonds is 12. The summed E-state index contributed by atoms with van der Waals surface area (Å²) in [6.45, 7) is 8.75. The number of carbonyl (C=O) groups excluding carboxylic acids is 2. The zero-order valence-electron chi connectivity index (χ0n) is 19.4. The molecule has 0 saturated carbocycles. The molecule has 2 rings (SSSR count). The largest absolute Gasteiger partial charge is 0.490 e. The molecule has 2 aromatic carbocycles. The zero-order valence-corrected chi connectivity index (χ0v) is 19.4. The molecule has 0 aliphatic heterocycles. The minimum Gasteiger partial charge on any atom is -0.490 e. The molecule has 0 heterocycles. The molecule has 0 bridgehead atoms. The Balaban J connectivity index is 1.93. The number of nitrogens with one attached hydrogen (secondary N) is 1. The van der Waals surface area contributed by atoms with Gasteiger partial charge in [0.2, 0.25) is 0 Å². The number of amides is 1. The topological polar surface area (TPSA) is 73.9 Å². The maximum Gasteiger partial charge on any atom is 0.331 e. The first-order valence-corrected chi connectivity index (χ1v) is 11.1. The van der Waals surface area contributed by atoms with E-state index in [1.54, 1.807) is 6.08 Å². The molecule has 0 aliphatic carbocycles. The van der Waals surface area contributed by atoms with Crippen LogP contribution in [0.1, 0.15) is 50.3 Å². The second-order valence-corrected chi connectivity index (χ2v) is 7.29.